The Kier molecular flexibility index (Phi) is 6.77. The first-order valence-corrected chi connectivity index (χ1v) is 8.09. The molecular formula is C19H24FN2O3+. The molecule has 2 rings (SSSR count). The minimum Gasteiger partial charge on any atom is -0.493 e. The number of hydrogen-bond acceptors (Lipinski definition) is 3. The molecule has 2 N–H and O–H groups in total. The van der Waals surface area contributed by atoms with Crippen molar-refractivity contribution in [2.24, 2.45) is 0 Å². The van der Waals surface area contributed by atoms with Gasteiger partial charge in [-0.15, -0.1) is 0 Å². The van der Waals surface area contributed by atoms with Crippen LogP contribution in [0.15, 0.2) is 42.5 Å². The van der Waals surface area contributed by atoms with Gasteiger partial charge in [0.15, 0.2) is 18.0 Å². The minimum absolute atomic E-state index is 0.143. The number of rotatable bonds is 8. The van der Waals surface area contributed by atoms with E-state index < -0.39 is 0 Å². The van der Waals surface area contributed by atoms with Crippen molar-refractivity contribution >= 4 is 11.6 Å². The van der Waals surface area contributed by atoms with Crippen LogP contribution < -0.4 is 19.7 Å². The van der Waals surface area contributed by atoms with Gasteiger partial charge >= 0.3 is 0 Å². The monoisotopic (exact) mass is 347 g/mol. The summed E-state index contributed by atoms with van der Waals surface area (Å²) < 4.78 is 23.7. The van der Waals surface area contributed by atoms with Gasteiger partial charge in [0.05, 0.1) is 27.8 Å². The number of carbonyl (C=O) groups excluding carboxylic acids is 1. The molecule has 5 nitrogen and oxygen atoms in total. The van der Waals surface area contributed by atoms with Gasteiger partial charge in [-0.05, 0) is 35.9 Å². The Hall–Kier alpha value is -2.60. The third kappa shape index (κ3) is 5.76. The van der Waals surface area contributed by atoms with Gasteiger partial charge in [0.1, 0.15) is 5.82 Å². The Balaban J connectivity index is 1.84. The van der Waals surface area contributed by atoms with E-state index in [1.54, 1.807) is 26.4 Å². The van der Waals surface area contributed by atoms with E-state index in [1.165, 1.54) is 12.1 Å². The van der Waals surface area contributed by atoms with Crippen molar-refractivity contribution < 1.29 is 23.6 Å². The Labute approximate surface area is 147 Å². The first-order valence-electron chi connectivity index (χ1n) is 8.09. The smallest absolute Gasteiger partial charge is 0.279 e. The van der Waals surface area contributed by atoms with Crippen molar-refractivity contribution in [1.29, 1.82) is 0 Å². The van der Waals surface area contributed by atoms with Crippen molar-refractivity contribution in [3.05, 3.63) is 53.8 Å². The van der Waals surface area contributed by atoms with Gasteiger partial charge in [0, 0.05) is 12.1 Å². The fourth-order valence-corrected chi connectivity index (χ4v) is 2.53. The molecule has 0 aliphatic rings. The summed E-state index contributed by atoms with van der Waals surface area (Å²) in [5, 5.41) is 2.71. The van der Waals surface area contributed by atoms with Gasteiger partial charge in [0.25, 0.3) is 5.91 Å². The first kappa shape index (κ1) is 18.7. The number of halogens is 1. The number of nitrogens with one attached hydrogen (secondary N) is 2. The van der Waals surface area contributed by atoms with E-state index in [-0.39, 0.29) is 11.7 Å². The number of quaternary nitrogens is 1. The van der Waals surface area contributed by atoms with Crippen molar-refractivity contribution in [2.45, 2.75) is 6.42 Å². The molecule has 134 valence electrons. The maximum absolute atomic E-state index is 13.1. The van der Waals surface area contributed by atoms with Gasteiger partial charge in [0.2, 0.25) is 0 Å². The molecule has 1 amide bonds. The second-order valence-electron chi connectivity index (χ2n) is 5.88. The standard InChI is InChI=1S/C19H23FN2O3/c1-22(13-19(23)21-16-6-4-5-15(20)12-16)10-9-14-7-8-17(24-2)18(11-14)25-3/h4-8,11-12H,9-10,13H2,1-3H3,(H,21,23)/p+1. The summed E-state index contributed by atoms with van der Waals surface area (Å²) in [7, 11) is 5.16. The molecule has 1 unspecified atom stereocenters. The molecule has 25 heavy (non-hydrogen) atoms. The zero-order chi connectivity index (χ0) is 18.2. The highest BCUT2D eigenvalue weighted by Crippen LogP contribution is 2.27. The summed E-state index contributed by atoms with van der Waals surface area (Å²) in [6, 6.07) is 11.7. The van der Waals surface area contributed by atoms with Gasteiger partial charge in [-0.3, -0.25) is 4.79 Å². The van der Waals surface area contributed by atoms with Crippen molar-refractivity contribution in [3.63, 3.8) is 0 Å². The van der Waals surface area contributed by atoms with Crippen LogP contribution in [0.2, 0.25) is 0 Å². The SMILES string of the molecule is COc1ccc(CC[NH+](C)CC(=O)Nc2cccc(F)c2)cc1OC. The molecule has 0 aliphatic carbocycles. The predicted octanol–water partition coefficient (Wildman–Crippen LogP) is 1.54. The third-order valence-electron chi connectivity index (χ3n) is 3.86. The summed E-state index contributed by atoms with van der Waals surface area (Å²) >= 11 is 0. The molecule has 6 heteroatoms. The topological polar surface area (TPSA) is 52.0 Å². The predicted molar refractivity (Wildman–Crippen MR) is 94.9 cm³/mol. The van der Waals surface area contributed by atoms with Gasteiger partial charge < -0.3 is 19.7 Å². The number of carbonyl (C=O) groups is 1. The normalized spacial score (nSPS) is 11.7. The maximum atomic E-state index is 13.1. The lowest BCUT2D eigenvalue weighted by molar-refractivity contribution is -0.870. The quantitative estimate of drug-likeness (QED) is 0.762. The van der Waals surface area contributed by atoms with Gasteiger partial charge in [-0.2, -0.15) is 0 Å². The van der Waals surface area contributed by atoms with Crippen LogP contribution in [0.1, 0.15) is 5.56 Å². The van der Waals surface area contributed by atoms with Crippen molar-refractivity contribution in [3.8, 4) is 11.5 Å². The zero-order valence-electron chi connectivity index (χ0n) is 14.8. The summed E-state index contributed by atoms with van der Waals surface area (Å²) in [5.41, 5.74) is 1.58. The summed E-state index contributed by atoms with van der Waals surface area (Å²) in [6.45, 7) is 1.09. The van der Waals surface area contributed by atoms with Gasteiger partial charge in [-0.25, -0.2) is 4.39 Å². The average Bonchev–Trinajstić information content (AvgIpc) is 2.59. The van der Waals surface area contributed by atoms with E-state index >= 15 is 0 Å². The fraction of sp³-hybridized carbons (Fsp3) is 0.316. The molecule has 0 aliphatic heterocycles. The van der Waals surface area contributed by atoms with Crippen LogP contribution in [0.4, 0.5) is 10.1 Å². The molecule has 0 heterocycles. The number of likely N-dealkylation sites (N-methyl/N-ethyl adjacent to an activating group) is 1. The Bertz CT molecular complexity index is 722. The zero-order valence-corrected chi connectivity index (χ0v) is 14.8. The lowest BCUT2D eigenvalue weighted by atomic mass is 10.1. The molecular weight excluding hydrogens is 323 g/mol. The summed E-state index contributed by atoms with van der Waals surface area (Å²) in [4.78, 5) is 13.1. The summed E-state index contributed by atoms with van der Waals surface area (Å²) in [5.74, 6) is 0.880. The number of methoxy groups -OCH3 is 2. The highest BCUT2D eigenvalue weighted by molar-refractivity contribution is 5.91. The number of amides is 1. The molecule has 2 aromatic carbocycles. The van der Waals surface area contributed by atoms with Crippen LogP contribution in [0, 0.1) is 5.82 Å². The molecule has 0 saturated carbocycles. The van der Waals surface area contributed by atoms with Crippen LogP contribution >= 0.6 is 0 Å². The Morgan fingerprint density at radius 1 is 1.12 bits per heavy atom. The average molecular weight is 347 g/mol. The highest BCUT2D eigenvalue weighted by atomic mass is 19.1. The van der Waals surface area contributed by atoms with E-state index in [2.05, 4.69) is 5.32 Å². The first-order chi connectivity index (χ1) is 12.0. The summed E-state index contributed by atoms with van der Waals surface area (Å²) in [6.07, 6.45) is 0.805. The molecule has 0 spiro atoms. The van der Waals surface area contributed by atoms with Crippen LogP contribution in [0.25, 0.3) is 0 Å². The molecule has 1 atom stereocenters. The second-order valence-corrected chi connectivity index (χ2v) is 5.88. The minimum atomic E-state index is -0.369. The van der Waals surface area contributed by atoms with Gasteiger partial charge in [-0.1, -0.05) is 12.1 Å². The van der Waals surface area contributed by atoms with E-state index in [4.69, 9.17) is 9.47 Å². The van der Waals surface area contributed by atoms with Crippen LogP contribution in [-0.4, -0.2) is 40.3 Å². The number of hydrogen-bond donors (Lipinski definition) is 2. The van der Waals surface area contributed by atoms with Crippen LogP contribution in [0.5, 0.6) is 11.5 Å². The molecule has 0 fully saturated rings. The van der Waals surface area contributed by atoms with Crippen LogP contribution in [-0.2, 0) is 11.2 Å². The lowest BCUT2D eigenvalue weighted by Gasteiger charge is -2.15. The largest absolute Gasteiger partial charge is 0.493 e. The lowest BCUT2D eigenvalue weighted by Crippen LogP contribution is -3.10. The number of ether oxygens (including phenoxy) is 2. The molecule has 0 saturated heterocycles. The Morgan fingerprint density at radius 3 is 2.56 bits per heavy atom. The number of anilines is 1. The third-order valence-corrected chi connectivity index (χ3v) is 3.86. The second kappa shape index (κ2) is 9.03. The van der Waals surface area contributed by atoms with Crippen molar-refractivity contribution in [1.82, 2.24) is 0 Å². The fourth-order valence-electron chi connectivity index (χ4n) is 2.53. The van der Waals surface area contributed by atoms with E-state index in [0.29, 0.717) is 23.7 Å². The van der Waals surface area contributed by atoms with E-state index in [1.807, 2.05) is 25.2 Å². The van der Waals surface area contributed by atoms with Crippen LogP contribution in [0.3, 0.4) is 0 Å². The van der Waals surface area contributed by atoms with E-state index in [0.717, 1.165) is 23.4 Å². The molecule has 0 radical (unpaired) electrons. The molecule has 0 bridgehead atoms. The van der Waals surface area contributed by atoms with E-state index in [9.17, 15) is 9.18 Å². The number of benzene rings is 2. The molecule has 0 aromatic heterocycles. The molecule has 2 aromatic rings. The Morgan fingerprint density at radius 2 is 1.88 bits per heavy atom. The van der Waals surface area contributed by atoms with Crippen molar-refractivity contribution in [2.75, 3.05) is 39.7 Å². The maximum Gasteiger partial charge on any atom is 0.279 e. The highest BCUT2D eigenvalue weighted by Gasteiger charge is 2.12.